The Morgan fingerprint density at radius 3 is 2.75 bits per heavy atom. The number of benzene rings is 1. The fourth-order valence-electron chi connectivity index (χ4n) is 1.59. The van der Waals surface area contributed by atoms with E-state index in [1.54, 1.807) is 0 Å². The molecule has 3 nitrogen and oxygen atoms in total. The van der Waals surface area contributed by atoms with Gasteiger partial charge in [-0.25, -0.2) is 4.98 Å². The van der Waals surface area contributed by atoms with Gasteiger partial charge in [0.15, 0.2) is 0 Å². The van der Waals surface area contributed by atoms with E-state index < -0.39 is 0 Å². The minimum Gasteiger partial charge on any atom is -0.319 e. The molecule has 0 atom stereocenters. The molecule has 0 spiro atoms. The fourth-order valence-corrected chi connectivity index (χ4v) is 1.72. The fraction of sp³-hybridized carbons (Fsp3) is 0.250. The minimum absolute atomic E-state index is 0.751. The van der Waals surface area contributed by atoms with E-state index in [-0.39, 0.29) is 0 Å². The summed E-state index contributed by atoms with van der Waals surface area (Å²) in [5.74, 6) is 1.05. The molecule has 0 unspecified atom stereocenters. The van der Waals surface area contributed by atoms with E-state index in [9.17, 15) is 0 Å². The molecule has 0 fully saturated rings. The first kappa shape index (κ1) is 11.2. The highest BCUT2D eigenvalue weighted by Gasteiger charge is 2.03. The Labute approximate surface area is 100 Å². The van der Waals surface area contributed by atoms with Crippen molar-refractivity contribution in [3.8, 4) is 5.69 Å². The Hall–Kier alpha value is -1.32. The zero-order valence-electron chi connectivity index (χ0n) is 9.15. The number of nitrogens with one attached hydrogen (secondary N) is 1. The van der Waals surface area contributed by atoms with Gasteiger partial charge >= 0.3 is 0 Å². The molecule has 0 radical (unpaired) electrons. The summed E-state index contributed by atoms with van der Waals surface area (Å²) in [5, 5.41) is 3.87. The number of hydrogen-bond donors (Lipinski definition) is 1. The van der Waals surface area contributed by atoms with Crippen molar-refractivity contribution >= 4 is 11.6 Å². The quantitative estimate of drug-likeness (QED) is 0.881. The maximum absolute atomic E-state index is 5.86. The Morgan fingerprint density at radius 2 is 2.06 bits per heavy atom. The zero-order valence-corrected chi connectivity index (χ0v) is 9.91. The van der Waals surface area contributed by atoms with E-state index in [0.717, 1.165) is 29.5 Å². The van der Waals surface area contributed by atoms with Crippen molar-refractivity contribution in [3.63, 3.8) is 0 Å². The maximum atomic E-state index is 5.86. The number of likely N-dealkylation sites (N-methyl/N-ethyl adjacent to an activating group) is 1. The number of aromatic nitrogens is 2. The molecule has 0 bridgehead atoms. The van der Waals surface area contributed by atoms with Gasteiger partial charge in [0.1, 0.15) is 5.82 Å². The van der Waals surface area contributed by atoms with Crippen LogP contribution in [0.4, 0.5) is 0 Å². The Balaban J connectivity index is 2.26. The lowest BCUT2D eigenvalue weighted by Gasteiger charge is -2.07. The molecule has 16 heavy (non-hydrogen) atoms. The smallest absolute Gasteiger partial charge is 0.114 e. The third-order valence-electron chi connectivity index (χ3n) is 2.42. The summed E-state index contributed by atoms with van der Waals surface area (Å²) in [6.07, 6.45) is 4.69. The molecule has 1 N–H and O–H groups in total. The summed E-state index contributed by atoms with van der Waals surface area (Å²) in [4.78, 5) is 4.34. The SMILES string of the molecule is CNCCc1nccn1-c1ccc(Cl)cc1. The summed E-state index contributed by atoms with van der Waals surface area (Å²) in [7, 11) is 1.94. The monoisotopic (exact) mass is 235 g/mol. The van der Waals surface area contributed by atoms with Crippen LogP contribution in [0.25, 0.3) is 5.69 Å². The van der Waals surface area contributed by atoms with Gasteiger partial charge in [0.2, 0.25) is 0 Å². The van der Waals surface area contributed by atoms with Gasteiger partial charge in [0, 0.05) is 36.1 Å². The van der Waals surface area contributed by atoms with Crippen molar-refractivity contribution < 1.29 is 0 Å². The first-order valence-corrected chi connectivity index (χ1v) is 5.62. The van der Waals surface area contributed by atoms with Gasteiger partial charge in [-0.1, -0.05) is 11.6 Å². The van der Waals surface area contributed by atoms with Crippen LogP contribution in [0.2, 0.25) is 5.02 Å². The largest absolute Gasteiger partial charge is 0.319 e. The van der Waals surface area contributed by atoms with Crippen LogP contribution in [0.15, 0.2) is 36.7 Å². The normalized spacial score (nSPS) is 10.6. The van der Waals surface area contributed by atoms with E-state index >= 15 is 0 Å². The van der Waals surface area contributed by atoms with Crippen molar-refractivity contribution in [3.05, 3.63) is 47.5 Å². The highest BCUT2D eigenvalue weighted by Crippen LogP contribution is 2.15. The number of halogens is 1. The highest BCUT2D eigenvalue weighted by molar-refractivity contribution is 6.30. The third kappa shape index (κ3) is 2.43. The molecule has 84 valence electrons. The van der Waals surface area contributed by atoms with E-state index in [1.807, 2.05) is 43.7 Å². The van der Waals surface area contributed by atoms with Crippen molar-refractivity contribution in [1.29, 1.82) is 0 Å². The molecule has 0 saturated carbocycles. The van der Waals surface area contributed by atoms with Gasteiger partial charge in [-0.2, -0.15) is 0 Å². The summed E-state index contributed by atoms with van der Waals surface area (Å²) in [6.45, 7) is 0.921. The second-order valence-electron chi connectivity index (χ2n) is 3.54. The average molecular weight is 236 g/mol. The molecule has 1 aromatic carbocycles. The second kappa shape index (κ2) is 5.14. The van der Waals surface area contributed by atoms with Crippen LogP contribution in [-0.4, -0.2) is 23.1 Å². The molecule has 2 aromatic rings. The predicted octanol–water partition coefficient (Wildman–Crippen LogP) is 2.29. The molecule has 4 heteroatoms. The van der Waals surface area contributed by atoms with Gasteiger partial charge in [0.25, 0.3) is 0 Å². The van der Waals surface area contributed by atoms with E-state index in [1.165, 1.54) is 0 Å². The van der Waals surface area contributed by atoms with Gasteiger partial charge in [-0.3, -0.25) is 0 Å². The van der Waals surface area contributed by atoms with E-state index in [2.05, 4.69) is 14.9 Å². The van der Waals surface area contributed by atoms with Crippen LogP contribution in [0, 0.1) is 0 Å². The summed E-state index contributed by atoms with van der Waals surface area (Å²) >= 11 is 5.86. The molecule has 1 heterocycles. The maximum Gasteiger partial charge on any atom is 0.114 e. The lowest BCUT2D eigenvalue weighted by Crippen LogP contribution is -2.13. The Kier molecular flexibility index (Phi) is 3.59. The molecule has 2 rings (SSSR count). The number of imidazole rings is 1. The van der Waals surface area contributed by atoms with E-state index in [4.69, 9.17) is 11.6 Å². The number of nitrogens with zero attached hydrogens (tertiary/aromatic N) is 2. The topological polar surface area (TPSA) is 29.9 Å². The summed E-state index contributed by atoms with van der Waals surface area (Å²) < 4.78 is 2.08. The summed E-state index contributed by atoms with van der Waals surface area (Å²) in [5.41, 5.74) is 1.09. The molecule has 0 amide bonds. The highest BCUT2D eigenvalue weighted by atomic mass is 35.5. The van der Waals surface area contributed by atoms with Gasteiger partial charge in [-0.15, -0.1) is 0 Å². The van der Waals surface area contributed by atoms with Crippen LogP contribution in [0.5, 0.6) is 0 Å². The van der Waals surface area contributed by atoms with E-state index in [0.29, 0.717) is 0 Å². The molecule has 0 aliphatic heterocycles. The molecule has 0 aliphatic carbocycles. The zero-order chi connectivity index (χ0) is 11.4. The second-order valence-corrected chi connectivity index (χ2v) is 3.98. The Morgan fingerprint density at radius 1 is 1.31 bits per heavy atom. The van der Waals surface area contributed by atoms with Gasteiger partial charge < -0.3 is 9.88 Å². The van der Waals surface area contributed by atoms with Crippen LogP contribution >= 0.6 is 11.6 Å². The summed E-state index contributed by atoms with van der Waals surface area (Å²) in [6, 6.07) is 7.76. The predicted molar refractivity (Wildman–Crippen MR) is 66.2 cm³/mol. The van der Waals surface area contributed by atoms with Crippen LogP contribution in [-0.2, 0) is 6.42 Å². The molecular weight excluding hydrogens is 222 g/mol. The average Bonchev–Trinajstić information content (AvgIpc) is 2.75. The number of rotatable bonds is 4. The van der Waals surface area contributed by atoms with Crippen LogP contribution in [0.1, 0.15) is 5.82 Å². The standard InChI is InChI=1S/C12H14ClN3/c1-14-7-6-12-15-8-9-16(12)11-4-2-10(13)3-5-11/h2-5,8-9,14H,6-7H2,1H3. The van der Waals surface area contributed by atoms with Gasteiger partial charge in [-0.05, 0) is 31.3 Å². The first-order valence-electron chi connectivity index (χ1n) is 5.24. The molecule has 0 aliphatic rings. The van der Waals surface area contributed by atoms with Crippen LogP contribution < -0.4 is 5.32 Å². The van der Waals surface area contributed by atoms with Crippen molar-refractivity contribution in [2.75, 3.05) is 13.6 Å². The minimum atomic E-state index is 0.751. The third-order valence-corrected chi connectivity index (χ3v) is 2.67. The first-order chi connectivity index (χ1) is 7.81. The van der Waals surface area contributed by atoms with Crippen molar-refractivity contribution in [2.24, 2.45) is 0 Å². The molecule has 1 aromatic heterocycles. The van der Waals surface area contributed by atoms with Crippen molar-refractivity contribution in [2.45, 2.75) is 6.42 Å². The lowest BCUT2D eigenvalue weighted by molar-refractivity contribution is 0.744. The van der Waals surface area contributed by atoms with Crippen LogP contribution in [0.3, 0.4) is 0 Å². The lowest BCUT2D eigenvalue weighted by atomic mass is 10.3. The number of hydrogen-bond acceptors (Lipinski definition) is 2. The van der Waals surface area contributed by atoms with Crippen molar-refractivity contribution in [1.82, 2.24) is 14.9 Å². The molecule has 0 saturated heterocycles. The van der Waals surface area contributed by atoms with Gasteiger partial charge in [0.05, 0.1) is 0 Å². The Bertz CT molecular complexity index is 448. The molecular formula is C12H14ClN3.